The summed E-state index contributed by atoms with van der Waals surface area (Å²) in [4.78, 5) is 42.0. The maximum atomic E-state index is 11.6. The van der Waals surface area contributed by atoms with Gasteiger partial charge in [0.1, 0.15) is 12.2 Å². The summed E-state index contributed by atoms with van der Waals surface area (Å²) in [6, 6.07) is -0.785. The molecule has 0 aromatic carbocycles. The van der Waals surface area contributed by atoms with Crippen molar-refractivity contribution in [2.45, 2.75) is 13.0 Å². The Hall–Kier alpha value is -2.82. The van der Waals surface area contributed by atoms with Crippen LogP contribution in [0, 0.1) is 10.1 Å². The zero-order valence-corrected chi connectivity index (χ0v) is 10.4. The van der Waals surface area contributed by atoms with Crippen molar-refractivity contribution in [2.24, 2.45) is 5.84 Å². The molecule has 1 saturated heterocycles. The summed E-state index contributed by atoms with van der Waals surface area (Å²) < 4.78 is 0. The summed E-state index contributed by atoms with van der Waals surface area (Å²) in [6.07, 6.45) is 0.960. The molecule has 4 N–H and O–H groups in total. The number of nitrogens with zero attached hydrogens (tertiary/aromatic N) is 4. The van der Waals surface area contributed by atoms with Crippen LogP contribution < -0.4 is 21.5 Å². The van der Waals surface area contributed by atoms with E-state index in [1.165, 1.54) is 11.8 Å². The fourth-order valence-corrected chi connectivity index (χ4v) is 1.75. The highest BCUT2D eigenvalue weighted by Gasteiger charge is 2.35. The number of nitrogens with one attached hydrogen (secondary N) is 2. The number of piperazine rings is 1. The van der Waals surface area contributed by atoms with Crippen molar-refractivity contribution in [3.05, 3.63) is 16.3 Å². The molecule has 1 aromatic rings. The second-order valence-corrected chi connectivity index (χ2v) is 4.02. The third kappa shape index (κ3) is 2.33. The molecule has 1 aliphatic rings. The summed E-state index contributed by atoms with van der Waals surface area (Å²) in [5.41, 5.74) is 1.73. The van der Waals surface area contributed by atoms with E-state index in [0.29, 0.717) is 0 Å². The van der Waals surface area contributed by atoms with Gasteiger partial charge in [0, 0.05) is 0 Å². The Labute approximate surface area is 112 Å². The molecule has 2 rings (SSSR count). The fourth-order valence-electron chi connectivity index (χ4n) is 1.75. The van der Waals surface area contributed by atoms with Crippen LogP contribution in [0.25, 0.3) is 0 Å². The van der Waals surface area contributed by atoms with Gasteiger partial charge in [-0.15, -0.1) is 0 Å². The fraction of sp³-hybridized carbons (Fsp3) is 0.333. The highest BCUT2D eigenvalue weighted by Crippen LogP contribution is 2.28. The predicted molar refractivity (Wildman–Crippen MR) is 66.5 cm³/mol. The number of nitrogen functional groups attached to an aromatic ring is 1. The van der Waals surface area contributed by atoms with E-state index in [4.69, 9.17) is 5.84 Å². The van der Waals surface area contributed by atoms with Gasteiger partial charge in [0.05, 0.1) is 11.5 Å². The summed E-state index contributed by atoms with van der Waals surface area (Å²) in [5, 5.41) is 13.1. The first-order chi connectivity index (χ1) is 9.43. The number of carbonyl (C=O) groups is 2. The van der Waals surface area contributed by atoms with Crippen molar-refractivity contribution < 1.29 is 14.5 Å². The lowest BCUT2D eigenvalue weighted by Gasteiger charge is -2.32. The van der Waals surface area contributed by atoms with Crippen LogP contribution in [0.2, 0.25) is 0 Å². The summed E-state index contributed by atoms with van der Waals surface area (Å²) in [6.45, 7) is 1.28. The molecule has 2 heterocycles. The number of nitrogens with two attached hydrogens (primary N) is 1. The lowest BCUT2D eigenvalue weighted by molar-refractivity contribution is -0.384. The van der Waals surface area contributed by atoms with Gasteiger partial charge in [-0.1, -0.05) is 0 Å². The van der Waals surface area contributed by atoms with Crippen molar-refractivity contribution >= 4 is 29.3 Å². The van der Waals surface area contributed by atoms with Gasteiger partial charge in [0.15, 0.2) is 0 Å². The van der Waals surface area contributed by atoms with Crippen molar-refractivity contribution in [2.75, 3.05) is 16.9 Å². The van der Waals surface area contributed by atoms with Crippen molar-refractivity contribution in [3.8, 4) is 0 Å². The van der Waals surface area contributed by atoms with Gasteiger partial charge in [0.25, 0.3) is 0 Å². The van der Waals surface area contributed by atoms with Gasteiger partial charge in [-0.25, -0.2) is 10.8 Å². The minimum atomic E-state index is -0.785. The zero-order chi connectivity index (χ0) is 14.9. The molecule has 1 aliphatic heterocycles. The number of nitro groups is 1. The van der Waals surface area contributed by atoms with Crippen molar-refractivity contribution in [1.29, 1.82) is 0 Å². The number of amides is 2. The van der Waals surface area contributed by atoms with E-state index in [9.17, 15) is 19.7 Å². The predicted octanol–water partition coefficient (Wildman–Crippen LogP) is -1.48. The quantitative estimate of drug-likeness (QED) is 0.260. The SMILES string of the molecule is CC1C(=O)NC(=O)CN1c1nc(NN)ncc1[N+](=O)[O-]. The van der Waals surface area contributed by atoms with E-state index in [0.717, 1.165) is 6.20 Å². The van der Waals surface area contributed by atoms with E-state index in [2.05, 4.69) is 20.7 Å². The Morgan fingerprint density at radius 3 is 2.90 bits per heavy atom. The monoisotopic (exact) mass is 281 g/mol. The van der Waals surface area contributed by atoms with E-state index >= 15 is 0 Å². The lowest BCUT2D eigenvalue weighted by atomic mass is 10.2. The Balaban J connectivity index is 2.51. The second kappa shape index (κ2) is 5.05. The normalized spacial score (nSPS) is 18.7. The maximum Gasteiger partial charge on any atom is 0.329 e. The molecule has 1 unspecified atom stereocenters. The molecule has 0 aliphatic carbocycles. The van der Waals surface area contributed by atoms with E-state index in [1.54, 1.807) is 0 Å². The Kier molecular flexibility index (Phi) is 3.43. The first-order valence-corrected chi connectivity index (χ1v) is 5.52. The standard InChI is InChI=1S/C9H11N7O4/c1-4-8(18)12-6(17)3-15(4)7-5(16(19)20)2-11-9(13-7)14-10/h2,4H,3,10H2,1H3,(H,11,13,14)(H,12,17,18). The molecule has 0 radical (unpaired) electrons. The lowest BCUT2D eigenvalue weighted by Crippen LogP contribution is -2.57. The molecular formula is C9H11N7O4. The number of carbonyl (C=O) groups excluding carboxylic acids is 2. The average Bonchev–Trinajstić information content (AvgIpc) is 2.42. The van der Waals surface area contributed by atoms with Gasteiger partial charge in [-0.05, 0) is 6.92 Å². The van der Waals surface area contributed by atoms with Crippen LogP contribution in [0.15, 0.2) is 6.20 Å². The highest BCUT2D eigenvalue weighted by atomic mass is 16.6. The molecule has 0 saturated carbocycles. The molecule has 11 heteroatoms. The molecule has 1 fully saturated rings. The molecule has 0 spiro atoms. The summed E-state index contributed by atoms with van der Waals surface area (Å²) in [7, 11) is 0. The molecule has 2 amide bonds. The molecule has 0 bridgehead atoms. The van der Waals surface area contributed by atoms with Crippen molar-refractivity contribution in [3.63, 3.8) is 0 Å². The number of hydrazine groups is 1. The Morgan fingerprint density at radius 1 is 1.60 bits per heavy atom. The van der Waals surface area contributed by atoms with Gasteiger partial charge in [0.2, 0.25) is 23.6 Å². The topological polar surface area (TPSA) is 156 Å². The number of imide groups is 1. The number of anilines is 2. The smallest absolute Gasteiger partial charge is 0.329 e. The van der Waals surface area contributed by atoms with E-state index in [-0.39, 0.29) is 18.3 Å². The van der Waals surface area contributed by atoms with E-state index < -0.39 is 28.5 Å². The Morgan fingerprint density at radius 2 is 2.30 bits per heavy atom. The van der Waals surface area contributed by atoms with E-state index in [1.807, 2.05) is 0 Å². The molecule has 1 atom stereocenters. The molecule has 11 nitrogen and oxygen atoms in total. The zero-order valence-electron chi connectivity index (χ0n) is 10.4. The molecular weight excluding hydrogens is 270 g/mol. The van der Waals surface area contributed by atoms with Crippen LogP contribution in [0.4, 0.5) is 17.5 Å². The summed E-state index contributed by atoms with van der Waals surface area (Å²) in [5.74, 6) is 3.82. The van der Waals surface area contributed by atoms with Crippen LogP contribution in [0.5, 0.6) is 0 Å². The summed E-state index contributed by atoms with van der Waals surface area (Å²) >= 11 is 0. The highest BCUT2D eigenvalue weighted by molar-refractivity contribution is 6.04. The third-order valence-electron chi connectivity index (χ3n) is 2.77. The van der Waals surface area contributed by atoms with Crippen molar-refractivity contribution in [1.82, 2.24) is 15.3 Å². The van der Waals surface area contributed by atoms with Crippen LogP contribution in [-0.2, 0) is 9.59 Å². The average molecular weight is 281 g/mol. The molecule has 20 heavy (non-hydrogen) atoms. The molecule has 106 valence electrons. The number of aromatic nitrogens is 2. The van der Waals surface area contributed by atoms with Crippen LogP contribution in [-0.4, -0.2) is 39.3 Å². The molecule has 1 aromatic heterocycles. The minimum Gasteiger partial charge on any atom is -0.330 e. The first kappa shape index (κ1) is 13.6. The first-order valence-electron chi connectivity index (χ1n) is 5.52. The van der Waals surface area contributed by atoms with Gasteiger partial charge in [-0.3, -0.25) is 30.4 Å². The second-order valence-electron chi connectivity index (χ2n) is 4.02. The largest absolute Gasteiger partial charge is 0.330 e. The van der Waals surface area contributed by atoms with Gasteiger partial charge >= 0.3 is 5.69 Å². The van der Waals surface area contributed by atoms with Crippen LogP contribution in [0.3, 0.4) is 0 Å². The van der Waals surface area contributed by atoms with Crippen LogP contribution in [0.1, 0.15) is 6.92 Å². The number of rotatable bonds is 3. The minimum absolute atomic E-state index is 0.0590. The number of hydrogen-bond donors (Lipinski definition) is 3. The van der Waals surface area contributed by atoms with Gasteiger partial charge in [-0.2, -0.15) is 4.98 Å². The maximum absolute atomic E-state index is 11.6. The van der Waals surface area contributed by atoms with Gasteiger partial charge < -0.3 is 4.90 Å². The Bertz CT molecular complexity index is 590. The number of hydrogen-bond acceptors (Lipinski definition) is 9. The third-order valence-corrected chi connectivity index (χ3v) is 2.77. The van der Waals surface area contributed by atoms with Crippen LogP contribution >= 0.6 is 0 Å².